The van der Waals surface area contributed by atoms with Crippen molar-refractivity contribution < 1.29 is 28.6 Å². The second-order valence-corrected chi connectivity index (χ2v) is 9.09. The maximum atomic E-state index is 13.8. The number of fused-ring (bicyclic) bond motifs is 1. The number of carbonyl (C=O) groups excluding carboxylic acids is 3. The smallest absolute Gasteiger partial charge is 0.291 e. The minimum atomic E-state index is -1.17. The molecular formula is C29H27NO6. The van der Waals surface area contributed by atoms with Crippen LogP contribution in [0, 0.1) is 5.92 Å². The highest BCUT2D eigenvalue weighted by atomic mass is 16.5. The lowest BCUT2D eigenvalue weighted by Crippen LogP contribution is -2.33. The second-order valence-electron chi connectivity index (χ2n) is 9.09. The molecule has 3 aromatic rings. The topological polar surface area (TPSA) is 82.1 Å². The fraction of sp³-hybridized carbons (Fsp3) is 0.276. The van der Waals surface area contributed by atoms with Gasteiger partial charge in [0.2, 0.25) is 5.78 Å². The highest BCUT2D eigenvalue weighted by Gasteiger charge is 2.51. The average Bonchev–Trinajstić information content (AvgIpc) is 3.38. The molecule has 7 heteroatoms. The first-order valence-corrected chi connectivity index (χ1v) is 12.0. The lowest BCUT2D eigenvalue weighted by Gasteiger charge is -2.27. The van der Waals surface area contributed by atoms with Crippen LogP contribution >= 0.6 is 0 Å². The number of carbonyl (C=O) groups is 3. The molecule has 7 nitrogen and oxygen atoms in total. The Morgan fingerprint density at radius 3 is 2.56 bits per heavy atom. The first-order valence-electron chi connectivity index (χ1n) is 12.0. The Kier molecular flexibility index (Phi) is 6.57. The van der Waals surface area contributed by atoms with Crippen molar-refractivity contribution in [3.8, 4) is 17.2 Å². The summed E-state index contributed by atoms with van der Waals surface area (Å²) < 4.78 is 16.9. The molecule has 0 N–H and O–H groups in total. The number of amides is 1. The highest BCUT2D eigenvalue weighted by Crippen LogP contribution is 2.40. The predicted octanol–water partition coefficient (Wildman–Crippen LogP) is 4.40. The summed E-state index contributed by atoms with van der Waals surface area (Å²) in [5.74, 6) is -0.978. The van der Waals surface area contributed by atoms with Crippen LogP contribution in [0.4, 0.5) is 0 Å². The summed E-state index contributed by atoms with van der Waals surface area (Å²) in [6.45, 7) is 2.40. The minimum absolute atomic E-state index is 0.0321. The average molecular weight is 486 g/mol. The van der Waals surface area contributed by atoms with Crippen LogP contribution in [0.3, 0.4) is 0 Å². The zero-order chi connectivity index (χ0) is 25.2. The summed E-state index contributed by atoms with van der Waals surface area (Å²) in [5, 5.41) is 0. The first kappa shape index (κ1) is 23.8. The van der Waals surface area contributed by atoms with Gasteiger partial charge in [-0.3, -0.25) is 14.4 Å². The summed E-state index contributed by atoms with van der Waals surface area (Å²) in [7, 11) is 1.53. The predicted molar refractivity (Wildman–Crippen MR) is 132 cm³/mol. The molecule has 3 atom stereocenters. The van der Waals surface area contributed by atoms with Crippen LogP contribution in [0.2, 0.25) is 0 Å². The van der Waals surface area contributed by atoms with Crippen LogP contribution in [0.15, 0.2) is 72.8 Å². The van der Waals surface area contributed by atoms with E-state index in [1.165, 1.54) is 12.0 Å². The molecule has 1 fully saturated rings. The molecule has 2 aliphatic heterocycles. The summed E-state index contributed by atoms with van der Waals surface area (Å²) in [5.41, 5.74) is 1.97. The van der Waals surface area contributed by atoms with E-state index in [4.69, 9.17) is 14.2 Å². The quantitative estimate of drug-likeness (QED) is 0.267. The fourth-order valence-electron chi connectivity index (χ4n) is 4.93. The number of hydrogen-bond acceptors (Lipinski definition) is 6. The molecule has 1 amide bonds. The highest BCUT2D eigenvalue weighted by molar-refractivity contribution is 6.44. The number of ketones is 2. The van der Waals surface area contributed by atoms with Gasteiger partial charge in [-0.2, -0.15) is 0 Å². The summed E-state index contributed by atoms with van der Waals surface area (Å²) in [6, 6.07) is 20.9. The lowest BCUT2D eigenvalue weighted by molar-refractivity contribution is -0.141. The Labute approximate surface area is 209 Å². The molecule has 1 saturated heterocycles. The van der Waals surface area contributed by atoms with Gasteiger partial charge in [-0.05, 0) is 60.5 Å². The van der Waals surface area contributed by atoms with Crippen molar-refractivity contribution in [3.63, 3.8) is 0 Å². The van der Waals surface area contributed by atoms with Crippen molar-refractivity contribution in [2.75, 3.05) is 20.3 Å². The van der Waals surface area contributed by atoms with Crippen LogP contribution in [0.1, 0.15) is 34.5 Å². The molecule has 5 rings (SSSR count). The molecule has 3 aromatic carbocycles. The number of rotatable bonds is 8. The van der Waals surface area contributed by atoms with Gasteiger partial charge in [-0.25, -0.2) is 0 Å². The molecule has 2 heterocycles. The van der Waals surface area contributed by atoms with Gasteiger partial charge in [0.1, 0.15) is 29.3 Å². The molecule has 0 bridgehead atoms. The molecule has 2 aliphatic rings. The molecular weight excluding hydrogens is 458 g/mol. The molecule has 0 radical (unpaired) electrons. The standard InChI is InChI=1S/C29H27NO6/c1-18-15-21-16-20(11-12-24(21)35-18)27(31)25-26(30(13-14-34-2)29(33)28(25)32)19-7-6-10-23(17-19)36-22-8-4-3-5-9-22/h3-12,16-18,25-26H,13-15H2,1-2H3. The third-order valence-corrected chi connectivity index (χ3v) is 6.58. The van der Waals surface area contributed by atoms with E-state index in [2.05, 4.69) is 0 Å². The van der Waals surface area contributed by atoms with E-state index in [0.717, 1.165) is 11.3 Å². The van der Waals surface area contributed by atoms with Gasteiger partial charge in [-0.1, -0.05) is 30.3 Å². The van der Waals surface area contributed by atoms with Gasteiger partial charge in [0.15, 0.2) is 5.78 Å². The Hall–Kier alpha value is -3.97. The molecule has 0 spiro atoms. The van der Waals surface area contributed by atoms with Crippen molar-refractivity contribution in [1.29, 1.82) is 0 Å². The van der Waals surface area contributed by atoms with Crippen molar-refractivity contribution in [2.24, 2.45) is 5.92 Å². The molecule has 0 aliphatic carbocycles. The largest absolute Gasteiger partial charge is 0.490 e. The second kappa shape index (κ2) is 9.95. The van der Waals surface area contributed by atoms with Gasteiger partial charge in [0, 0.05) is 25.6 Å². The fourth-order valence-corrected chi connectivity index (χ4v) is 4.93. The van der Waals surface area contributed by atoms with E-state index in [9.17, 15) is 14.4 Å². The van der Waals surface area contributed by atoms with Crippen LogP contribution in [0.5, 0.6) is 17.2 Å². The van der Waals surface area contributed by atoms with Crippen molar-refractivity contribution in [2.45, 2.75) is 25.5 Å². The van der Waals surface area contributed by atoms with Crippen LogP contribution in [-0.4, -0.2) is 48.7 Å². The summed E-state index contributed by atoms with van der Waals surface area (Å²) in [4.78, 5) is 41.5. The number of nitrogens with zero attached hydrogens (tertiary/aromatic N) is 1. The number of ether oxygens (including phenoxy) is 3. The number of methoxy groups -OCH3 is 1. The van der Waals surface area contributed by atoms with E-state index in [1.807, 2.05) is 43.3 Å². The molecule has 36 heavy (non-hydrogen) atoms. The molecule has 0 aromatic heterocycles. The van der Waals surface area contributed by atoms with Gasteiger partial charge in [0.25, 0.3) is 5.91 Å². The van der Waals surface area contributed by atoms with Gasteiger partial charge in [0.05, 0.1) is 12.6 Å². The molecule has 0 saturated carbocycles. The zero-order valence-electron chi connectivity index (χ0n) is 20.2. The molecule has 3 unspecified atom stereocenters. The van der Waals surface area contributed by atoms with E-state index in [-0.39, 0.29) is 25.0 Å². The third kappa shape index (κ3) is 4.50. The third-order valence-electron chi connectivity index (χ3n) is 6.58. The van der Waals surface area contributed by atoms with Crippen molar-refractivity contribution in [1.82, 2.24) is 4.90 Å². The summed E-state index contributed by atoms with van der Waals surface area (Å²) >= 11 is 0. The van der Waals surface area contributed by atoms with Gasteiger partial charge in [-0.15, -0.1) is 0 Å². The summed E-state index contributed by atoms with van der Waals surface area (Å²) in [6.07, 6.45) is 0.723. The van der Waals surface area contributed by atoms with Gasteiger partial charge >= 0.3 is 0 Å². The van der Waals surface area contributed by atoms with Crippen LogP contribution < -0.4 is 9.47 Å². The number of hydrogen-bond donors (Lipinski definition) is 0. The Morgan fingerprint density at radius 2 is 1.78 bits per heavy atom. The SMILES string of the molecule is COCCN1C(=O)C(=O)C(C(=O)c2ccc3c(c2)CC(C)O3)C1c1cccc(Oc2ccccc2)c1. The van der Waals surface area contributed by atoms with E-state index in [0.29, 0.717) is 29.0 Å². The maximum Gasteiger partial charge on any atom is 0.291 e. The Morgan fingerprint density at radius 1 is 1.00 bits per heavy atom. The minimum Gasteiger partial charge on any atom is -0.490 e. The number of para-hydroxylation sites is 1. The lowest BCUT2D eigenvalue weighted by atomic mass is 9.85. The number of Topliss-reactive ketones (excluding diaryl/α,β-unsaturated/α-hetero) is 2. The van der Waals surface area contributed by atoms with Crippen molar-refractivity contribution in [3.05, 3.63) is 89.5 Å². The van der Waals surface area contributed by atoms with E-state index in [1.54, 1.807) is 36.4 Å². The monoisotopic (exact) mass is 485 g/mol. The van der Waals surface area contributed by atoms with E-state index >= 15 is 0 Å². The zero-order valence-corrected chi connectivity index (χ0v) is 20.2. The normalized spacial score (nSPS) is 20.8. The van der Waals surface area contributed by atoms with Crippen LogP contribution in [0.25, 0.3) is 0 Å². The first-order chi connectivity index (χ1) is 17.5. The van der Waals surface area contributed by atoms with E-state index < -0.39 is 23.7 Å². The van der Waals surface area contributed by atoms with Gasteiger partial charge < -0.3 is 19.1 Å². The Bertz CT molecular complexity index is 1300. The Balaban J connectivity index is 1.51. The maximum absolute atomic E-state index is 13.8. The van der Waals surface area contributed by atoms with Crippen molar-refractivity contribution >= 4 is 17.5 Å². The number of likely N-dealkylation sites (tertiary alicyclic amines) is 1. The van der Waals surface area contributed by atoms with Crippen LogP contribution in [-0.2, 0) is 20.7 Å². The molecule has 184 valence electrons. The number of benzene rings is 3.